The fraction of sp³-hybridized carbons (Fsp3) is 0.333. The second-order valence-electron chi connectivity index (χ2n) is 4.47. The topological polar surface area (TPSA) is 77.0 Å². The van der Waals surface area contributed by atoms with Gasteiger partial charge in [0.15, 0.2) is 5.82 Å². The molecule has 0 amide bonds. The third kappa shape index (κ3) is 2.38. The summed E-state index contributed by atoms with van der Waals surface area (Å²) in [5.41, 5.74) is 6.75. The zero-order chi connectivity index (χ0) is 12.4. The first kappa shape index (κ1) is 11.4. The smallest absolute Gasteiger partial charge is 0.163 e. The zero-order valence-electron chi connectivity index (χ0n) is 9.96. The number of nitrogens with two attached hydrogens (primary N) is 1. The van der Waals surface area contributed by atoms with Crippen LogP contribution in [0.5, 0.6) is 5.75 Å². The number of aromatic nitrogens is 3. The standard InChI is InChI=1S/C12H16N4O/c1-8(2)6-16-7-14-15-12(16)9-3-4-10(13)11(17)5-9/h3-5,7-8,17H,6,13H2,1-2H3. The lowest BCUT2D eigenvalue weighted by Gasteiger charge is -2.09. The van der Waals surface area contributed by atoms with Gasteiger partial charge in [-0.3, -0.25) is 0 Å². The second-order valence-corrected chi connectivity index (χ2v) is 4.47. The number of aromatic hydroxyl groups is 1. The Morgan fingerprint density at radius 3 is 2.82 bits per heavy atom. The number of hydrogen-bond acceptors (Lipinski definition) is 4. The Kier molecular flexibility index (Phi) is 2.99. The number of nitrogens with zero attached hydrogens (tertiary/aromatic N) is 3. The molecule has 0 spiro atoms. The molecule has 0 saturated heterocycles. The Morgan fingerprint density at radius 2 is 2.18 bits per heavy atom. The lowest BCUT2D eigenvalue weighted by molar-refractivity contribution is 0.478. The average molecular weight is 232 g/mol. The van der Waals surface area contributed by atoms with Crippen molar-refractivity contribution in [2.75, 3.05) is 5.73 Å². The van der Waals surface area contributed by atoms with Crippen LogP contribution in [-0.4, -0.2) is 19.9 Å². The van der Waals surface area contributed by atoms with Gasteiger partial charge in [-0.15, -0.1) is 10.2 Å². The van der Waals surface area contributed by atoms with Gasteiger partial charge in [-0.05, 0) is 24.1 Å². The van der Waals surface area contributed by atoms with Crippen LogP contribution in [0.4, 0.5) is 5.69 Å². The largest absolute Gasteiger partial charge is 0.506 e. The van der Waals surface area contributed by atoms with Crippen molar-refractivity contribution in [3.8, 4) is 17.1 Å². The number of nitrogen functional groups attached to an aromatic ring is 1. The quantitative estimate of drug-likeness (QED) is 0.625. The molecule has 2 rings (SSSR count). The molecule has 1 heterocycles. The molecule has 0 saturated carbocycles. The van der Waals surface area contributed by atoms with Crippen molar-refractivity contribution in [3.05, 3.63) is 24.5 Å². The second kappa shape index (κ2) is 4.45. The highest BCUT2D eigenvalue weighted by molar-refractivity contribution is 5.64. The summed E-state index contributed by atoms with van der Waals surface area (Å²) >= 11 is 0. The minimum absolute atomic E-state index is 0.0709. The van der Waals surface area contributed by atoms with Crippen LogP contribution in [0.2, 0.25) is 0 Å². The molecule has 90 valence electrons. The summed E-state index contributed by atoms with van der Waals surface area (Å²) in [6.45, 7) is 5.10. The molecule has 0 aliphatic carbocycles. The molecule has 0 aliphatic rings. The summed E-state index contributed by atoms with van der Waals surface area (Å²) in [6, 6.07) is 5.10. The normalized spacial score (nSPS) is 11.0. The van der Waals surface area contributed by atoms with Gasteiger partial charge in [0, 0.05) is 12.1 Å². The first-order chi connectivity index (χ1) is 8.08. The molecule has 1 aromatic heterocycles. The van der Waals surface area contributed by atoms with Gasteiger partial charge in [0.25, 0.3) is 0 Å². The zero-order valence-corrected chi connectivity index (χ0v) is 9.96. The van der Waals surface area contributed by atoms with E-state index in [0.29, 0.717) is 11.6 Å². The molecule has 17 heavy (non-hydrogen) atoms. The predicted molar refractivity (Wildman–Crippen MR) is 66.4 cm³/mol. The lowest BCUT2D eigenvalue weighted by atomic mass is 10.1. The molecule has 0 unspecified atom stereocenters. The van der Waals surface area contributed by atoms with Gasteiger partial charge in [0.05, 0.1) is 5.69 Å². The molecule has 0 aliphatic heterocycles. The van der Waals surface area contributed by atoms with Crippen molar-refractivity contribution in [1.82, 2.24) is 14.8 Å². The van der Waals surface area contributed by atoms with Gasteiger partial charge < -0.3 is 15.4 Å². The minimum Gasteiger partial charge on any atom is -0.506 e. The summed E-state index contributed by atoms with van der Waals surface area (Å²) in [5, 5.41) is 17.6. The number of hydrogen-bond donors (Lipinski definition) is 2. The van der Waals surface area contributed by atoms with E-state index in [2.05, 4.69) is 24.0 Å². The van der Waals surface area contributed by atoms with Crippen molar-refractivity contribution in [3.63, 3.8) is 0 Å². The van der Waals surface area contributed by atoms with Crippen LogP contribution in [0.1, 0.15) is 13.8 Å². The summed E-state index contributed by atoms with van der Waals surface area (Å²) < 4.78 is 1.97. The van der Waals surface area contributed by atoms with Crippen molar-refractivity contribution in [2.24, 2.45) is 5.92 Å². The molecule has 0 atom stereocenters. The van der Waals surface area contributed by atoms with E-state index in [9.17, 15) is 5.11 Å². The Labute approximate surface area is 99.9 Å². The number of rotatable bonds is 3. The van der Waals surface area contributed by atoms with E-state index in [1.54, 1.807) is 18.5 Å². The molecule has 5 heteroatoms. The van der Waals surface area contributed by atoms with Gasteiger partial charge in [0.2, 0.25) is 0 Å². The number of phenols is 1. The lowest BCUT2D eigenvalue weighted by Crippen LogP contribution is -2.05. The molecule has 0 fully saturated rings. The van der Waals surface area contributed by atoms with Crippen LogP contribution in [0.3, 0.4) is 0 Å². The SMILES string of the molecule is CC(C)Cn1cnnc1-c1ccc(N)c(O)c1. The third-order valence-corrected chi connectivity index (χ3v) is 2.47. The summed E-state index contributed by atoms with van der Waals surface area (Å²) in [5.74, 6) is 1.32. The highest BCUT2D eigenvalue weighted by atomic mass is 16.3. The molecule has 5 nitrogen and oxygen atoms in total. The monoisotopic (exact) mass is 232 g/mol. The van der Waals surface area contributed by atoms with E-state index < -0.39 is 0 Å². The number of benzene rings is 1. The van der Waals surface area contributed by atoms with Crippen molar-refractivity contribution >= 4 is 5.69 Å². The van der Waals surface area contributed by atoms with Crippen molar-refractivity contribution in [1.29, 1.82) is 0 Å². The van der Waals surface area contributed by atoms with Gasteiger partial charge in [-0.1, -0.05) is 13.8 Å². The number of anilines is 1. The van der Waals surface area contributed by atoms with Crippen LogP contribution in [0.25, 0.3) is 11.4 Å². The van der Waals surface area contributed by atoms with Crippen LogP contribution in [0.15, 0.2) is 24.5 Å². The summed E-state index contributed by atoms with van der Waals surface area (Å²) in [6.07, 6.45) is 1.70. The molecule has 0 bridgehead atoms. The van der Waals surface area contributed by atoms with Crippen LogP contribution in [0, 0.1) is 5.92 Å². The highest BCUT2D eigenvalue weighted by Gasteiger charge is 2.10. The molecular formula is C12H16N4O. The molecular weight excluding hydrogens is 216 g/mol. The third-order valence-electron chi connectivity index (χ3n) is 2.47. The van der Waals surface area contributed by atoms with Crippen molar-refractivity contribution in [2.45, 2.75) is 20.4 Å². The fourth-order valence-electron chi connectivity index (χ4n) is 1.69. The Bertz CT molecular complexity index is 519. The average Bonchev–Trinajstić information content (AvgIpc) is 2.69. The van der Waals surface area contributed by atoms with E-state index >= 15 is 0 Å². The Balaban J connectivity index is 2.39. The Morgan fingerprint density at radius 1 is 1.41 bits per heavy atom. The van der Waals surface area contributed by atoms with E-state index in [1.165, 1.54) is 0 Å². The van der Waals surface area contributed by atoms with Crippen LogP contribution in [-0.2, 0) is 6.54 Å². The van der Waals surface area contributed by atoms with Crippen molar-refractivity contribution < 1.29 is 5.11 Å². The summed E-state index contributed by atoms with van der Waals surface area (Å²) in [4.78, 5) is 0. The van der Waals surface area contributed by atoms with E-state index in [1.807, 2.05) is 10.6 Å². The Hall–Kier alpha value is -2.04. The van der Waals surface area contributed by atoms with Gasteiger partial charge in [0.1, 0.15) is 12.1 Å². The van der Waals surface area contributed by atoms with E-state index in [4.69, 9.17) is 5.73 Å². The van der Waals surface area contributed by atoms with Gasteiger partial charge in [-0.2, -0.15) is 0 Å². The maximum absolute atomic E-state index is 9.59. The van der Waals surface area contributed by atoms with Crippen LogP contribution < -0.4 is 5.73 Å². The maximum atomic E-state index is 9.59. The number of phenolic OH excluding ortho intramolecular Hbond substituents is 1. The van der Waals surface area contributed by atoms with E-state index in [-0.39, 0.29) is 5.75 Å². The highest BCUT2D eigenvalue weighted by Crippen LogP contribution is 2.26. The minimum atomic E-state index is 0.0709. The van der Waals surface area contributed by atoms with E-state index in [0.717, 1.165) is 17.9 Å². The molecule has 0 radical (unpaired) electrons. The van der Waals surface area contributed by atoms with Crippen LogP contribution >= 0.6 is 0 Å². The molecule has 2 aromatic rings. The van der Waals surface area contributed by atoms with Gasteiger partial charge in [-0.25, -0.2) is 0 Å². The first-order valence-electron chi connectivity index (χ1n) is 5.54. The van der Waals surface area contributed by atoms with Gasteiger partial charge >= 0.3 is 0 Å². The maximum Gasteiger partial charge on any atom is 0.163 e. The predicted octanol–water partition coefficient (Wildman–Crippen LogP) is 1.89. The molecule has 1 aromatic carbocycles. The molecule has 3 N–H and O–H groups in total. The fourth-order valence-corrected chi connectivity index (χ4v) is 1.69. The first-order valence-corrected chi connectivity index (χ1v) is 5.54. The summed E-state index contributed by atoms with van der Waals surface area (Å²) in [7, 11) is 0.